The van der Waals surface area contributed by atoms with Crippen molar-refractivity contribution >= 4 is 5.91 Å². The highest BCUT2D eigenvalue weighted by Crippen LogP contribution is 2.34. The summed E-state index contributed by atoms with van der Waals surface area (Å²) in [6.07, 6.45) is -0.773. The van der Waals surface area contributed by atoms with Crippen LogP contribution in [-0.4, -0.2) is 58.7 Å². The van der Waals surface area contributed by atoms with Crippen LogP contribution in [0.4, 0.5) is 0 Å². The standard InChI is InChI=1S/C14H21NO6/c1-18-8-9(16)7-15-14(17)10-5-12(20-3)13(21-4)6-11(10)19-2/h5-6,9,16H,7-8H2,1-4H3,(H,15,17). The van der Waals surface area contributed by atoms with Gasteiger partial charge in [0.05, 0.1) is 39.6 Å². The summed E-state index contributed by atoms with van der Waals surface area (Å²) in [7, 11) is 5.91. The molecule has 1 amide bonds. The van der Waals surface area contributed by atoms with Crippen LogP contribution in [0.5, 0.6) is 17.2 Å². The molecule has 1 aromatic rings. The molecule has 7 nitrogen and oxygen atoms in total. The lowest BCUT2D eigenvalue weighted by molar-refractivity contribution is 0.0609. The van der Waals surface area contributed by atoms with Crippen molar-refractivity contribution in [3.05, 3.63) is 17.7 Å². The molecule has 0 saturated heterocycles. The first-order valence-electron chi connectivity index (χ1n) is 6.32. The van der Waals surface area contributed by atoms with Gasteiger partial charge in [-0.2, -0.15) is 0 Å². The van der Waals surface area contributed by atoms with Gasteiger partial charge in [-0.1, -0.05) is 0 Å². The Bertz CT molecular complexity index is 477. The van der Waals surface area contributed by atoms with Crippen LogP contribution < -0.4 is 19.5 Å². The first-order valence-corrected chi connectivity index (χ1v) is 6.32. The van der Waals surface area contributed by atoms with E-state index in [0.717, 1.165) is 0 Å². The minimum Gasteiger partial charge on any atom is -0.496 e. The van der Waals surface area contributed by atoms with Crippen molar-refractivity contribution < 1.29 is 28.8 Å². The minimum atomic E-state index is -0.773. The molecule has 0 saturated carbocycles. The zero-order valence-corrected chi connectivity index (χ0v) is 12.6. The molecule has 2 N–H and O–H groups in total. The molecule has 1 unspecified atom stereocenters. The highest BCUT2D eigenvalue weighted by Gasteiger charge is 2.18. The number of nitrogens with one attached hydrogen (secondary N) is 1. The Labute approximate surface area is 123 Å². The quantitative estimate of drug-likeness (QED) is 0.725. The summed E-state index contributed by atoms with van der Waals surface area (Å²) < 4.78 is 20.3. The average Bonchev–Trinajstić information content (AvgIpc) is 2.51. The summed E-state index contributed by atoms with van der Waals surface area (Å²) in [4.78, 5) is 12.2. The number of aliphatic hydroxyl groups is 1. The van der Waals surface area contributed by atoms with Crippen LogP contribution in [0.1, 0.15) is 10.4 Å². The van der Waals surface area contributed by atoms with Crippen LogP contribution in [0.25, 0.3) is 0 Å². The van der Waals surface area contributed by atoms with Crippen molar-refractivity contribution in [3.8, 4) is 17.2 Å². The second kappa shape index (κ2) is 8.33. The number of ether oxygens (including phenoxy) is 4. The Hall–Kier alpha value is -1.99. The van der Waals surface area contributed by atoms with E-state index in [-0.39, 0.29) is 19.1 Å². The Morgan fingerprint density at radius 1 is 1.10 bits per heavy atom. The molecule has 0 heterocycles. The third-order valence-corrected chi connectivity index (χ3v) is 2.81. The first-order chi connectivity index (χ1) is 10.1. The van der Waals surface area contributed by atoms with Gasteiger partial charge in [0.25, 0.3) is 5.91 Å². The van der Waals surface area contributed by atoms with E-state index in [2.05, 4.69) is 5.32 Å². The number of benzene rings is 1. The summed E-state index contributed by atoms with van der Waals surface area (Å²) in [5.74, 6) is 0.848. The molecule has 21 heavy (non-hydrogen) atoms. The smallest absolute Gasteiger partial charge is 0.255 e. The van der Waals surface area contributed by atoms with Gasteiger partial charge in [-0.25, -0.2) is 0 Å². The molecule has 1 aromatic carbocycles. The van der Waals surface area contributed by atoms with E-state index in [0.29, 0.717) is 22.8 Å². The molecule has 0 bridgehead atoms. The number of hydrogen-bond donors (Lipinski definition) is 2. The number of hydrogen-bond acceptors (Lipinski definition) is 6. The number of carbonyl (C=O) groups is 1. The number of amides is 1. The number of aliphatic hydroxyl groups excluding tert-OH is 1. The fraction of sp³-hybridized carbons (Fsp3) is 0.500. The Morgan fingerprint density at radius 3 is 2.19 bits per heavy atom. The van der Waals surface area contributed by atoms with E-state index in [1.54, 1.807) is 6.07 Å². The van der Waals surface area contributed by atoms with E-state index >= 15 is 0 Å². The molecule has 0 fully saturated rings. The summed E-state index contributed by atoms with van der Waals surface area (Å²) in [6, 6.07) is 3.09. The van der Waals surface area contributed by atoms with E-state index in [4.69, 9.17) is 18.9 Å². The fourth-order valence-corrected chi connectivity index (χ4v) is 1.76. The topological polar surface area (TPSA) is 86.3 Å². The lowest BCUT2D eigenvalue weighted by Gasteiger charge is -2.15. The minimum absolute atomic E-state index is 0.0736. The number of carbonyl (C=O) groups excluding carboxylic acids is 1. The zero-order chi connectivity index (χ0) is 15.8. The molecule has 0 aliphatic rings. The molecule has 0 spiro atoms. The molecule has 0 aliphatic heterocycles. The second-order valence-corrected chi connectivity index (χ2v) is 4.23. The molecule has 0 aromatic heterocycles. The Kier molecular flexibility index (Phi) is 6.77. The van der Waals surface area contributed by atoms with Crippen LogP contribution in [-0.2, 0) is 4.74 Å². The van der Waals surface area contributed by atoms with E-state index in [1.165, 1.54) is 34.5 Å². The molecular weight excluding hydrogens is 278 g/mol. The van der Waals surface area contributed by atoms with Gasteiger partial charge in [-0.15, -0.1) is 0 Å². The summed E-state index contributed by atoms with van der Waals surface area (Å²) in [5.41, 5.74) is 0.291. The van der Waals surface area contributed by atoms with Crippen molar-refractivity contribution in [1.29, 1.82) is 0 Å². The lowest BCUT2D eigenvalue weighted by atomic mass is 10.1. The van der Waals surface area contributed by atoms with Gasteiger partial charge in [-0.05, 0) is 0 Å². The van der Waals surface area contributed by atoms with E-state index < -0.39 is 6.10 Å². The fourth-order valence-electron chi connectivity index (χ4n) is 1.76. The van der Waals surface area contributed by atoms with Crippen molar-refractivity contribution in [2.24, 2.45) is 0 Å². The molecule has 1 rings (SSSR count). The normalized spacial score (nSPS) is 11.7. The Morgan fingerprint density at radius 2 is 1.67 bits per heavy atom. The molecule has 0 aliphatic carbocycles. The maximum absolute atomic E-state index is 12.2. The molecule has 7 heteroatoms. The number of methoxy groups -OCH3 is 4. The van der Waals surface area contributed by atoms with Gasteiger partial charge >= 0.3 is 0 Å². The van der Waals surface area contributed by atoms with Crippen LogP contribution >= 0.6 is 0 Å². The predicted molar refractivity (Wildman–Crippen MR) is 76.3 cm³/mol. The van der Waals surface area contributed by atoms with Gasteiger partial charge < -0.3 is 29.4 Å². The Balaban J connectivity index is 2.92. The molecule has 0 radical (unpaired) electrons. The monoisotopic (exact) mass is 299 g/mol. The van der Waals surface area contributed by atoms with Crippen LogP contribution in [0.2, 0.25) is 0 Å². The third kappa shape index (κ3) is 4.51. The number of rotatable bonds is 8. The van der Waals surface area contributed by atoms with Crippen molar-refractivity contribution in [1.82, 2.24) is 5.32 Å². The largest absolute Gasteiger partial charge is 0.496 e. The van der Waals surface area contributed by atoms with Gasteiger partial charge in [0, 0.05) is 25.8 Å². The van der Waals surface area contributed by atoms with Crippen molar-refractivity contribution in [2.45, 2.75) is 6.10 Å². The van der Waals surface area contributed by atoms with Crippen LogP contribution in [0.15, 0.2) is 12.1 Å². The highest BCUT2D eigenvalue weighted by molar-refractivity contribution is 5.97. The molecule has 1 atom stereocenters. The molecule has 118 valence electrons. The van der Waals surface area contributed by atoms with Gasteiger partial charge in [0.15, 0.2) is 11.5 Å². The summed E-state index contributed by atoms with van der Waals surface area (Å²) in [6.45, 7) is 0.216. The first kappa shape index (κ1) is 17.1. The maximum Gasteiger partial charge on any atom is 0.255 e. The summed E-state index contributed by atoms with van der Waals surface area (Å²) >= 11 is 0. The van der Waals surface area contributed by atoms with E-state index in [1.807, 2.05) is 0 Å². The van der Waals surface area contributed by atoms with Gasteiger partial charge in [-0.3, -0.25) is 4.79 Å². The lowest BCUT2D eigenvalue weighted by Crippen LogP contribution is -2.34. The predicted octanol–water partition coefficient (Wildman–Crippen LogP) is 0.449. The van der Waals surface area contributed by atoms with Gasteiger partial charge in [0.2, 0.25) is 0 Å². The maximum atomic E-state index is 12.2. The van der Waals surface area contributed by atoms with Crippen LogP contribution in [0.3, 0.4) is 0 Å². The average molecular weight is 299 g/mol. The second-order valence-electron chi connectivity index (χ2n) is 4.23. The highest BCUT2D eigenvalue weighted by atomic mass is 16.5. The van der Waals surface area contributed by atoms with Gasteiger partial charge in [0.1, 0.15) is 5.75 Å². The zero-order valence-electron chi connectivity index (χ0n) is 12.6. The van der Waals surface area contributed by atoms with E-state index in [9.17, 15) is 9.90 Å². The SMILES string of the molecule is COCC(O)CNC(=O)c1cc(OC)c(OC)cc1OC. The van der Waals surface area contributed by atoms with Crippen molar-refractivity contribution in [3.63, 3.8) is 0 Å². The van der Waals surface area contributed by atoms with Crippen molar-refractivity contribution in [2.75, 3.05) is 41.6 Å². The van der Waals surface area contributed by atoms with Crippen LogP contribution in [0, 0.1) is 0 Å². The molecular formula is C14H21NO6. The summed E-state index contributed by atoms with van der Waals surface area (Å²) in [5, 5.41) is 12.1. The third-order valence-electron chi connectivity index (χ3n) is 2.81.